The van der Waals surface area contributed by atoms with E-state index in [0.29, 0.717) is 11.1 Å². The van der Waals surface area contributed by atoms with Gasteiger partial charge in [-0.15, -0.1) is 11.8 Å². The first-order valence-electron chi connectivity index (χ1n) is 7.68. The number of thioether (sulfide) groups is 1. The van der Waals surface area contributed by atoms with Crippen LogP contribution in [0, 0.1) is 5.92 Å². The highest BCUT2D eigenvalue weighted by molar-refractivity contribution is 7.98. The van der Waals surface area contributed by atoms with Gasteiger partial charge >= 0.3 is 0 Å². The minimum absolute atomic E-state index is 0.0425. The summed E-state index contributed by atoms with van der Waals surface area (Å²) in [6.45, 7) is 3.34. The first-order valence-corrected chi connectivity index (χ1v) is 8.90. The van der Waals surface area contributed by atoms with E-state index in [1.54, 1.807) is 12.5 Å². The standard InChI is InChI=1S/C16H19N3O2S/c1-22-16-14-12(3-5-21-14)13(7-17-16)15(20)18-11-6-10-2-4-19(8-10)9-11/h3,5,7,10-11H,2,4,6,8-9H2,1H3,(H,18,20)/t10-,11-/m1/s1. The van der Waals surface area contributed by atoms with E-state index in [0.717, 1.165) is 29.3 Å². The van der Waals surface area contributed by atoms with Gasteiger partial charge in [0.05, 0.1) is 11.8 Å². The maximum absolute atomic E-state index is 12.6. The number of carbonyl (C=O) groups is 1. The molecule has 2 bridgehead atoms. The fourth-order valence-corrected chi connectivity index (χ4v) is 4.19. The summed E-state index contributed by atoms with van der Waals surface area (Å²) in [5.41, 5.74) is 1.31. The van der Waals surface area contributed by atoms with E-state index in [9.17, 15) is 4.79 Å². The summed E-state index contributed by atoms with van der Waals surface area (Å²) < 4.78 is 5.49. The van der Waals surface area contributed by atoms with E-state index >= 15 is 0 Å². The Labute approximate surface area is 133 Å². The summed E-state index contributed by atoms with van der Waals surface area (Å²) in [4.78, 5) is 19.4. The molecule has 2 aromatic rings. The number of rotatable bonds is 3. The molecule has 1 amide bonds. The Morgan fingerprint density at radius 1 is 1.50 bits per heavy atom. The van der Waals surface area contributed by atoms with Gasteiger partial charge in [-0.3, -0.25) is 4.79 Å². The number of pyridine rings is 1. The molecule has 4 rings (SSSR count). The van der Waals surface area contributed by atoms with Gasteiger partial charge in [-0.25, -0.2) is 4.98 Å². The lowest BCUT2D eigenvalue weighted by Crippen LogP contribution is -2.47. The lowest BCUT2D eigenvalue weighted by atomic mass is 9.96. The Bertz CT molecular complexity index is 702. The first kappa shape index (κ1) is 14.1. The smallest absolute Gasteiger partial charge is 0.253 e. The number of hydrogen-bond donors (Lipinski definition) is 1. The zero-order valence-electron chi connectivity index (χ0n) is 12.5. The molecule has 2 aliphatic heterocycles. The molecule has 2 fully saturated rings. The minimum Gasteiger partial charge on any atom is -0.461 e. The van der Waals surface area contributed by atoms with Crippen LogP contribution in [0.25, 0.3) is 11.0 Å². The zero-order chi connectivity index (χ0) is 15.1. The molecule has 0 aromatic carbocycles. The second-order valence-electron chi connectivity index (χ2n) is 6.16. The third-order valence-electron chi connectivity index (χ3n) is 4.70. The van der Waals surface area contributed by atoms with Gasteiger partial charge in [-0.2, -0.15) is 0 Å². The molecule has 5 nitrogen and oxygen atoms in total. The van der Waals surface area contributed by atoms with Gasteiger partial charge in [0.15, 0.2) is 5.58 Å². The van der Waals surface area contributed by atoms with Gasteiger partial charge in [0.1, 0.15) is 5.03 Å². The van der Waals surface area contributed by atoms with Crippen LogP contribution in [0.15, 0.2) is 28.0 Å². The van der Waals surface area contributed by atoms with Crippen molar-refractivity contribution in [2.75, 3.05) is 25.9 Å². The van der Waals surface area contributed by atoms with Crippen LogP contribution in [0.2, 0.25) is 0 Å². The highest BCUT2D eigenvalue weighted by Gasteiger charge is 2.33. The molecule has 6 heteroatoms. The van der Waals surface area contributed by atoms with E-state index in [1.165, 1.54) is 31.3 Å². The lowest BCUT2D eigenvalue weighted by molar-refractivity contribution is 0.0910. The Balaban J connectivity index is 1.57. The predicted octanol–water partition coefficient (Wildman–Crippen LogP) is 2.37. The molecule has 4 heterocycles. The molecule has 2 aromatic heterocycles. The number of piperidine rings is 1. The second kappa shape index (κ2) is 5.59. The molecule has 3 atom stereocenters. The third-order valence-corrected chi connectivity index (χ3v) is 5.38. The van der Waals surface area contributed by atoms with Crippen LogP contribution in [0.3, 0.4) is 0 Å². The Hall–Kier alpha value is -1.53. The van der Waals surface area contributed by atoms with Crippen molar-refractivity contribution in [2.45, 2.75) is 23.9 Å². The van der Waals surface area contributed by atoms with Crippen LogP contribution in [0.4, 0.5) is 0 Å². The molecule has 1 N–H and O–H groups in total. The van der Waals surface area contributed by atoms with E-state index in [4.69, 9.17) is 4.42 Å². The van der Waals surface area contributed by atoms with Gasteiger partial charge in [0.25, 0.3) is 5.91 Å². The molecule has 116 valence electrons. The normalized spacial score (nSPS) is 27.2. The van der Waals surface area contributed by atoms with Crippen molar-refractivity contribution >= 4 is 28.6 Å². The summed E-state index contributed by atoms with van der Waals surface area (Å²) in [5.74, 6) is 0.698. The molecule has 2 aliphatic rings. The van der Waals surface area contributed by atoms with E-state index in [-0.39, 0.29) is 11.9 Å². The highest BCUT2D eigenvalue weighted by Crippen LogP contribution is 2.29. The van der Waals surface area contributed by atoms with Crippen molar-refractivity contribution in [2.24, 2.45) is 5.92 Å². The zero-order valence-corrected chi connectivity index (χ0v) is 13.4. The predicted molar refractivity (Wildman–Crippen MR) is 86.2 cm³/mol. The van der Waals surface area contributed by atoms with Crippen molar-refractivity contribution < 1.29 is 9.21 Å². The topological polar surface area (TPSA) is 58.4 Å². The maximum Gasteiger partial charge on any atom is 0.253 e. The Morgan fingerprint density at radius 3 is 3.23 bits per heavy atom. The molecule has 2 saturated heterocycles. The SMILES string of the molecule is CSc1ncc(C(=O)N[C@@H]2C[C@H]3CCN(C3)C2)c2ccoc12. The fraction of sp³-hybridized carbons (Fsp3) is 0.500. The van der Waals surface area contributed by atoms with Crippen LogP contribution in [0.5, 0.6) is 0 Å². The largest absolute Gasteiger partial charge is 0.461 e. The quantitative estimate of drug-likeness (QED) is 0.881. The van der Waals surface area contributed by atoms with Gasteiger partial charge in [-0.1, -0.05) is 0 Å². The average Bonchev–Trinajstić information content (AvgIpc) is 3.13. The minimum atomic E-state index is -0.0425. The molecule has 0 radical (unpaired) electrons. The molecule has 0 spiro atoms. The summed E-state index contributed by atoms with van der Waals surface area (Å²) >= 11 is 1.52. The number of hydrogen-bond acceptors (Lipinski definition) is 5. The average molecular weight is 317 g/mol. The van der Waals surface area contributed by atoms with Crippen molar-refractivity contribution in [3.63, 3.8) is 0 Å². The van der Waals surface area contributed by atoms with Gasteiger partial charge in [-0.05, 0) is 37.6 Å². The first-order chi connectivity index (χ1) is 10.7. The van der Waals surface area contributed by atoms with E-state index in [1.807, 2.05) is 12.3 Å². The van der Waals surface area contributed by atoms with Crippen LogP contribution >= 0.6 is 11.8 Å². The van der Waals surface area contributed by atoms with Crippen LogP contribution in [-0.2, 0) is 0 Å². The molecular weight excluding hydrogens is 298 g/mol. The van der Waals surface area contributed by atoms with Crippen molar-refractivity contribution in [3.05, 3.63) is 24.1 Å². The monoisotopic (exact) mass is 317 g/mol. The number of amides is 1. The molecule has 1 unspecified atom stereocenters. The number of carbonyl (C=O) groups excluding carboxylic acids is 1. The van der Waals surface area contributed by atoms with Gasteiger partial charge in [0.2, 0.25) is 0 Å². The summed E-state index contributed by atoms with van der Waals surface area (Å²) in [6, 6.07) is 2.09. The summed E-state index contributed by atoms with van der Waals surface area (Å²) in [7, 11) is 0. The highest BCUT2D eigenvalue weighted by atomic mass is 32.2. The van der Waals surface area contributed by atoms with Crippen LogP contribution in [-0.4, -0.2) is 47.7 Å². The van der Waals surface area contributed by atoms with Crippen molar-refractivity contribution in [3.8, 4) is 0 Å². The Kier molecular flexibility index (Phi) is 3.58. The fourth-order valence-electron chi connectivity index (χ4n) is 3.69. The van der Waals surface area contributed by atoms with E-state index < -0.39 is 0 Å². The molecule has 22 heavy (non-hydrogen) atoms. The number of nitrogens with zero attached hydrogens (tertiary/aromatic N) is 2. The van der Waals surface area contributed by atoms with Crippen molar-refractivity contribution in [1.29, 1.82) is 0 Å². The summed E-state index contributed by atoms with van der Waals surface area (Å²) in [6.07, 6.45) is 7.60. The maximum atomic E-state index is 12.6. The molecule has 0 aliphatic carbocycles. The molecular formula is C16H19N3O2S. The van der Waals surface area contributed by atoms with Gasteiger partial charge in [0, 0.05) is 30.7 Å². The third kappa shape index (κ3) is 2.40. The number of fused-ring (bicyclic) bond motifs is 3. The number of furan rings is 1. The van der Waals surface area contributed by atoms with Gasteiger partial charge < -0.3 is 14.6 Å². The van der Waals surface area contributed by atoms with Crippen molar-refractivity contribution in [1.82, 2.24) is 15.2 Å². The number of aromatic nitrogens is 1. The molecule has 0 saturated carbocycles. The second-order valence-corrected chi connectivity index (χ2v) is 6.96. The lowest BCUT2D eigenvalue weighted by Gasteiger charge is -2.30. The Morgan fingerprint density at radius 2 is 2.41 bits per heavy atom. The van der Waals surface area contributed by atoms with Crippen LogP contribution < -0.4 is 5.32 Å². The number of nitrogens with one attached hydrogen (secondary N) is 1. The summed E-state index contributed by atoms with van der Waals surface area (Å²) in [5, 5.41) is 4.85. The van der Waals surface area contributed by atoms with Crippen LogP contribution in [0.1, 0.15) is 23.2 Å². The van der Waals surface area contributed by atoms with E-state index in [2.05, 4.69) is 15.2 Å².